The fourth-order valence-electron chi connectivity index (χ4n) is 2.85. The molecular formula is C17H20N4O5. The molecule has 0 saturated heterocycles. The maximum atomic E-state index is 12.5. The average molecular weight is 360 g/mol. The van der Waals surface area contributed by atoms with Crippen LogP contribution in [0.2, 0.25) is 0 Å². The van der Waals surface area contributed by atoms with Crippen LogP contribution in [0.25, 0.3) is 11.0 Å². The summed E-state index contributed by atoms with van der Waals surface area (Å²) >= 11 is 0. The summed E-state index contributed by atoms with van der Waals surface area (Å²) in [5.74, 6) is -1.56. The lowest BCUT2D eigenvalue weighted by atomic mass is 10.1. The van der Waals surface area contributed by atoms with Crippen LogP contribution in [0.3, 0.4) is 0 Å². The number of aliphatic carboxylic acids is 1. The van der Waals surface area contributed by atoms with Crippen molar-refractivity contribution in [1.82, 2.24) is 19.9 Å². The smallest absolute Gasteiger partial charge is 0.330 e. The number of H-pyrrole nitrogens is 1. The fourth-order valence-corrected chi connectivity index (χ4v) is 2.85. The van der Waals surface area contributed by atoms with E-state index in [0.29, 0.717) is 12.2 Å². The van der Waals surface area contributed by atoms with Crippen LogP contribution in [-0.4, -0.2) is 38.1 Å². The van der Waals surface area contributed by atoms with Crippen molar-refractivity contribution < 1.29 is 14.7 Å². The van der Waals surface area contributed by atoms with Crippen LogP contribution >= 0.6 is 0 Å². The van der Waals surface area contributed by atoms with Gasteiger partial charge < -0.3 is 10.4 Å². The van der Waals surface area contributed by atoms with E-state index in [9.17, 15) is 19.2 Å². The maximum absolute atomic E-state index is 12.5. The van der Waals surface area contributed by atoms with Crippen LogP contribution < -0.4 is 16.6 Å². The number of aromatic nitrogens is 3. The SMILES string of the molecule is CC(C)Cn1c(=O)[nH]c(=O)c2c(C(=O)NCC(=O)O)cc(C3CC3)nc21. The predicted molar refractivity (Wildman–Crippen MR) is 93.4 cm³/mol. The first-order valence-electron chi connectivity index (χ1n) is 8.45. The summed E-state index contributed by atoms with van der Waals surface area (Å²) in [6.45, 7) is 3.62. The zero-order chi connectivity index (χ0) is 19.0. The minimum atomic E-state index is -1.19. The second-order valence-corrected chi connectivity index (χ2v) is 6.91. The summed E-state index contributed by atoms with van der Waals surface area (Å²) in [4.78, 5) is 54.6. The van der Waals surface area contributed by atoms with Crippen LogP contribution in [0, 0.1) is 5.92 Å². The van der Waals surface area contributed by atoms with Gasteiger partial charge in [-0.3, -0.25) is 23.9 Å². The molecule has 9 heteroatoms. The number of nitrogens with zero attached hydrogens (tertiary/aromatic N) is 2. The van der Waals surface area contributed by atoms with E-state index in [0.717, 1.165) is 12.8 Å². The number of aromatic amines is 1. The van der Waals surface area contributed by atoms with Gasteiger partial charge in [-0.05, 0) is 24.8 Å². The monoisotopic (exact) mass is 360 g/mol. The fraction of sp³-hybridized carbons (Fsp3) is 0.471. The second kappa shape index (κ2) is 6.74. The summed E-state index contributed by atoms with van der Waals surface area (Å²) in [5.41, 5.74) is -0.441. The third kappa shape index (κ3) is 3.51. The molecule has 1 amide bonds. The van der Waals surface area contributed by atoms with Crippen LogP contribution in [0.5, 0.6) is 0 Å². The first kappa shape index (κ1) is 17.8. The Labute approximate surface area is 148 Å². The zero-order valence-corrected chi connectivity index (χ0v) is 14.5. The Balaban J connectivity index is 2.25. The lowest BCUT2D eigenvalue weighted by Crippen LogP contribution is -2.35. The Morgan fingerprint density at radius 2 is 2.08 bits per heavy atom. The molecule has 0 aromatic carbocycles. The van der Waals surface area contributed by atoms with Crippen molar-refractivity contribution in [2.75, 3.05) is 6.54 Å². The van der Waals surface area contributed by atoms with Crippen molar-refractivity contribution >= 4 is 22.9 Å². The van der Waals surface area contributed by atoms with Crippen LogP contribution in [0.1, 0.15) is 48.7 Å². The molecule has 1 saturated carbocycles. The molecule has 0 radical (unpaired) electrons. The van der Waals surface area contributed by atoms with Gasteiger partial charge in [0.25, 0.3) is 11.5 Å². The van der Waals surface area contributed by atoms with E-state index in [1.54, 1.807) is 0 Å². The van der Waals surface area contributed by atoms with Gasteiger partial charge >= 0.3 is 11.7 Å². The van der Waals surface area contributed by atoms with E-state index in [4.69, 9.17) is 5.11 Å². The first-order chi connectivity index (χ1) is 12.3. The summed E-state index contributed by atoms with van der Waals surface area (Å²) in [6.07, 6.45) is 1.85. The lowest BCUT2D eigenvalue weighted by Gasteiger charge is -2.14. The number of hydrogen-bond acceptors (Lipinski definition) is 5. The number of fused-ring (bicyclic) bond motifs is 1. The zero-order valence-electron chi connectivity index (χ0n) is 14.5. The van der Waals surface area contributed by atoms with Crippen LogP contribution in [-0.2, 0) is 11.3 Å². The van der Waals surface area contributed by atoms with Crippen molar-refractivity contribution in [2.45, 2.75) is 39.2 Å². The van der Waals surface area contributed by atoms with E-state index < -0.39 is 29.7 Å². The Kier molecular flexibility index (Phi) is 4.62. The molecule has 0 unspecified atom stereocenters. The second-order valence-electron chi connectivity index (χ2n) is 6.91. The highest BCUT2D eigenvalue weighted by molar-refractivity contribution is 6.06. The van der Waals surface area contributed by atoms with Crippen molar-refractivity contribution in [3.05, 3.63) is 38.2 Å². The first-order valence-corrected chi connectivity index (χ1v) is 8.45. The molecule has 1 aliphatic rings. The van der Waals surface area contributed by atoms with Gasteiger partial charge in [-0.15, -0.1) is 0 Å². The number of carbonyl (C=O) groups excluding carboxylic acids is 1. The topological polar surface area (TPSA) is 134 Å². The highest BCUT2D eigenvalue weighted by Gasteiger charge is 2.28. The van der Waals surface area contributed by atoms with Gasteiger partial charge in [-0.1, -0.05) is 13.8 Å². The van der Waals surface area contributed by atoms with Gasteiger partial charge in [0.15, 0.2) is 5.65 Å². The van der Waals surface area contributed by atoms with E-state index in [-0.39, 0.29) is 28.4 Å². The number of nitrogens with one attached hydrogen (secondary N) is 2. The molecule has 2 aromatic rings. The largest absolute Gasteiger partial charge is 0.480 e. The van der Waals surface area contributed by atoms with Gasteiger partial charge in [0.05, 0.1) is 10.9 Å². The Morgan fingerprint density at radius 3 is 2.65 bits per heavy atom. The average Bonchev–Trinajstić information content (AvgIpc) is 3.40. The van der Waals surface area contributed by atoms with Gasteiger partial charge in [0, 0.05) is 18.2 Å². The lowest BCUT2D eigenvalue weighted by molar-refractivity contribution is -0.135. The maximum Gasteiger partial charge on any atom is 0.330 e. The number of pyridine rings is 1. The third-order valence-corrected chi connectivity index (χ3v) is 4.16. The Morgan fingerprint density at radius 1 is 1.38 bits per heavy atom. The number of carboxylic acids is 1. The molecule has 0 bridgehead atoms. The highest BCUT2D eigenvalue weighted by atomic mass is 16.4. The normalized spacial score (nSPS) is 14.0. The number of carboxylic acid groups (broad SMARTS) is 1. The minimum Gasteiger partial charge on any atom is -0.480 e. The molecule has 1 aliphatic carbocycles. The third-order valence-electron chi connectivity index (χ3n) is 4.16. The Bertz CT molecular complexity index is 1000. The van der Waals surface area contributed by atoms with Crippen LogP contribution in [0.4, 0.5) is 0 Å². The molecule has 1 fully saturated rings. The summed E-state index contributed by atoms with van der Waals surface area (Å²) < 4.78 is 1.36. The molecule has 26 heavy (non-hydrogen) atoms. The van der Waals surface area contributed by atoms with Crippen molar-refractivity contribution in [3.63, 3.8) is 0 Å². The number of amides is 1. The molecule has 2 aromatic heterocycles. The molecule has 3 N–H and O–H groups in total. The van der Waals surface area contributed by atoms with Gasteiger partial charge in [-0.25, -0.2) is 9.78 Å². The summed E-state index contributed by atoms with van der Waals surface area (Å²) in [5, 5.41) is 11.0. The molecule has 138 valence electrons. The summed E-state index contributed by atoms with van der Waals surface area (Å²) in [6, 6.07) is 1.52. The Hall–Kier alpha value is -2.97. The van der Waals surface area contributed by atoms with Gasteiger partial charge in [-0.2, -0.15) is 0 Å². The van der Waals surface area contributed by atoms with Crippen molar-refractivity contribution in [2.24, 2.45) is 5.92 Å². The standard InChI is InChI=1S/C17H20N4O5/c1-8(2)7-21-14-13(16(25)20-17(21)26)10(15(24)18-6-12(22)23)5-11(19-14)9-3-4-9/h5,8-9H,3-4,6-7H2,1-2H3,(H,18,24)(H,22,23)(H,20,25,26). The van der Waals surface area contributed by atoms with Crippen molar-refractivity contribution in [1.29, 1.82) is 0 Å². The number of hydrogen-bond donors (Lipinski definition) is 3. The van der Waals surface area contributed by atoms with Crippen molar-refractivity contribution in [3.8, 4) is 0 Å². The quantitative estimate of drug-likeness (QED) is 0.684. The van der Waals surface area contributed by atoms with E-state index in [1.165, 1.54) is 10.6 Å². The van der Waals surface area contributed by atoms with Gasteiger partial charge in [0.1, 0.15) is 6.54 Å². The molecule has 9 nitrogen and oxygen atoms in total. The summed E-state index contributed by atoms with van der Waals surface area (Å²) in [7, 11) is 0. The molecule has 2 heterocycles. The molecular weight excluding hydrogens is 340 g/mol. The molecule has 0 spiro atoms. The van der Waals surface area contributed by atoms with E-state index >= 15 is 0 Å². The molecule has 3 rings (SSSR count). The predicted octanol–water partition coefficient (Wildman–Crippen LogP) is 0.433. The minimum absolute atomic E-state index is 0.00228. The van der Waals surface area contributed by atoms with Gasteiger partial charge in [0.2, 0.25) is 0 Å². The number of carbonyl (C=O) groups is 2. The number of rotatable bonds is 6. The van der Waals surface area contributed by atoms with E-state index in [2.05, 4.69) is 15.3 Å². The van der Waals surface area contributed by atoms with E-state index in [1.807, 2.05) is 13.8 Å². The highest BCUT2D eigenvalue weighted by Crippen LogP contribution is 2.39. The molecule has 0 aliphatic heterocycles. The van der Waals surface area contributed by atoms with Crippen LogP contribution in [0.15, 0.2) is 15.7 Å². The molecule has 0 atom stereocenters.